The number of carbonyl (C=O) groups excluding carboxylic acids is 1. The van der Waals surface area contributed by atoms with Gasteiger partial charge < -0.3 is 5.32 Å². The Hall–Kier alpha value is -1.03. The Morgan fingerprint density at radius 3 is 3.07 bits per heavy atom. The van der Waals surface area contributed by atoms with Gasteiger partial charge in [-0.1, -0.05) is 0 Å². The van der Waals surface area contributed by atoms with Crippen LogP contribution in [0.15, 0.2) is 12.3 Å². The molecule has 0 aliphatic rings. The zero-order chi connectivity index (χ0) is 10.4. The monoisotopic (exact) mass is 215 g/mol. The van der Waals surface area contributed by atoms with E-state index in [0.717, 1.165) is 18.7 Å². The van der Waals surface area contributed by atoms with Gasteiger partial charge in [0.15, 0.2) is 0 Å². The molecule has 0 aliphatic heterocycles. The summed E-state index contributed by atoms with van der Waals surface area (Å²) in [5.41, 5.74) is 0.988. The smallest absolute Gasteiger partial charge is 0.234 e. The van der Waals surface area contributed by atoms with E-state index in [0.29, 0.717) is 6.54 Å². The van der Waals surface area contributed by atoms with Crippen LogP contribution in [0.5, 0.6) is 0 Å². The molecule has 5 heteroatoms. The molecular formula is C9H14ClN3O. The molecule has 1 N–H and O–H groups in total. The van der Waals surface area contributed by atoms with Crippen LogP contribution in [-0.2, 0) is 17.8 Å². The summed E-state index contributed by atoms with van der Waals surface area (Å²) in [4.78, 5) is 10.8. The molecule has 0 saturated carbocycles. The number of alkyl halides is 1. The van der Waals surface area contributed by atoms with Crippen LogP contribution in [0.4, 0.5) is 0 Å². The predicted octanol–water partition coefficient (Wildman–Crippen LogP) is 0.800. The molecule has 0 aliphatic carbocycles. The van der Waals surface area contributed by atoms with Gasteiger partial charge in [0.05, 0.1) is 5.69 Å². The molecule has 0 unspecified atom stereocenters. The summed E-state index contributed by atoms with van der Waals surface area (Å²) < 4.78 is 1.86. The highest BCUT2D eigenvalue weighted by Gasteiger charge is 2.00. The molecular weight excluding hydrogens is 202 g/mol. The van der Waals surface area contributed by atoms with E-state index >= 15 is 0 Å². The number of hydrogen-bond acceptors (Lipinski definition) is 2. The molecule has 1 heterocycles. The van der Waals surface area contributed by atoms with Gasteiger partial charge in [-0.2, -0.15) is 5.10 Å². The Morgan fingerprint density at radius 2 is 2.50 bits per heavy atom. The fourth-order valence-corrected chi connectivity index (χ4v) is 1.18. The van der Waals surface area contributed by atoms with Crippen molar-refractivity contribution in [2.24, 2.45) is 0 Å². The van der Waals surface area contributed by atoms with Gasteiger partial charge in [-0.25, -0.2) is 0 Å². The summed E-state index contributed by atoms with van der Waals surface area (Å²) in [6.45, 7) is 3.49. The summed E-state index contributed by atoms with van der Waals surface area (Å²) >= 11 is 5.33. The predicted molar refractivity (Wildman–Crippen MR) is 55.3 cm³/mol. The lowest BCUT2D eigenvalue weighted by Gasteiger charge is -2.00. The van der Waals surface area contributed by atoms with Crippen LogP contribution in [0.25, 0.3) is 0 Å². The molecule has 1 aromatic heterocycles. The van der Waals surface area contributed by atoms with Crippen molar-refractivity contribution < 1.29 is 4.79 Å². The van der Waals surface area contributed by atoms with Crippen molar-refractivity contribution in [3.63, 3.8) is 0 Å². The van der Waals surface area contributed by atoms with Crippen molar-refractivity contribution in [1.29, 1.82) is 0 Å². The van der Waals surface area contributed by atoms with Gasteiger partial charge >= 0.3 is 0 Å². The number of halogens is 1. The van der Waals surface area contributed by atoms with Gasteiger partial charge in [0.1, 0.15) is 5.88 Å². The number of amides is 1. The second-order valence-corrected chi connectivity index (χ2v) is 3.16. The van der Waals surface area contributed by atoms with Crippen LogP contribution in [0.2, 0.25) is 0 Å². The second kappa shape index (κ2) is 5.65. The lowest BCUT2D eigenvalue weighted by molar-refractivity contribution is -0.118. The summed E-state index contributed by atoms with van der Waals surface area (Å²) in [6, 6.07) is 1.95. The van der Waals surface area contributed by atoms with Gasteiger partial charge in [-0.3, -0.25) is 9.48 Å². The highest BCUT2D eigenvalue weighted by atomic mass is 35.5. The molecule has 0 aromatic carbocycles. The molecule has 14 heavy (non-hydrogen) atoms. The normalized spacial score (nSPS) is 10.1. The first-order chi connectivity index (χ1) is 6.76. The van der Waals surface area contributed by atoms with E-state index in [1.54, 1.807) is 0 Å². The fourth-order valence-electron chi connectivity index (χ4n) is 1.09. The van der Waals surface area contributed by atoms with E-state index in [2.05, 4.69) is 10.4 Å². The Balaban J connectivity index is 2.27. The van der Waals surface area contributed by atoms with Gasteiger partial charge in [0.25, 0.3) is 0 Å². The first-order valence-corrected chi connectivity index (χ1v) is 5.14. The molecule has 1 aromatic rings. The highest BCUT2D eigenvalue weighted by molar-refractivity contribution is 6.27. The topological polar surface area (TPSA) is 46.9 Å². The molecule has 1 amide bonds. The van der Waals surface area contributed by atoms with Crippen LogP contribution < -0.4 is 5.32 Å². The van der Waals surface area contributed by atoms with E-state index in [4.69, 9.17) is 11.6 Å². The molecule has 0 fully saturated rings. The highest BCUT2D eigenvalue weighted by Crippen LogP contribution is 1.95. The molecule has 0 atom stereocenters. The van der Waals surface area contributed by atoms with Crippen LogP contribution in [0.3, 0.4) is 0 Å². The quantitative estimate of drug-likeness (QED) is 0.739. The van der Waals surface area contributed by atoms with Crippen molar-refractivity contribution in [3.05, 3.63) is 18.0 Å². The first-order valence-electron chi connectivity index (χ1n) is 4.61. The third-order valence-electron chi connectivity index (χ3n) is 1.84. The Kier molecular flexibility index (Phi) is 4.46. The van der Waals surface area contributed by atoms with Crippen molar-refractivity contribution in [2.45, 2.75) is 19.9 Å². The molecule has 0 bridgehead atoms. The van der Waals surface area contributed by atoms with E-state index in [9.17, 15) is 4.79 Å². The van der Waals surface area contributed by atoms with Crippen molar-refractivity contribution in [3.8, 4) is 0 Å². The van der Waals surface area contributed by atoms with Crippen LogP contribution >= 0.6 is 11.6 Å². The maximum atomic E-state index is 10.8. The average molecular weight is 216 g/mol. The third kappa shape index (κ3) is 3.38. The van der Waals surface area contributed by atoms with Crippen LogP contribution in [0.1, 0.15) is 12.6 Å². The second-order valence-electron chi connectivity index (χ2n) is 2.90. The van der Waals surface area contributed by atoms with E-state index in [-0.39, 0.29) is 11.8 Å². The van der Waals surface area contributed by atoms with Gasteiger partial charge in [-0.05, 0) is 13.0 Å². The molecule has 78 valence electrons. The lowest BCUT2D eigenvalue weighted by Crippen LogP contribution is -2.26. The third-order valence-corrected chi connectivity index (χ3v) is 2.09. The van der Waals surface area contributed by atoms with Gasteiger partial charge in [-0.15, -0.1) is 11.6 Å². The largest absolute Gasteiger partial charge is 0.355 e. The summed E-state index contributed by atoms with van der Waals surface area (Å²) in [5.74, 6) is -0.120. The standard InChI is InChI=1S/C9H14ClN3O/c1-2-13-6-4-8(12-13)3-5-11-9(14)7-10/h4,6H,2-3,5,7H2,1H3,(H,11,14). The summed E-state index contributed by atoms with van der Waals surface area (Å²) in [7, 11) is 0. The summed E-state index contributed by atoms with van der Waals surface area (Å²) in [6.07, 6.45) is 2.67. The minimum atomic E-state index is -0.137. The van der Waals surface area contributed by atoms with Crippen LogP contribution in [-0.4, -0.2) is 28.1 Å². The fraction of sp³-hybridized carbons (Fsp3) is 0.556. The first kappa shape index (κ1) is 11.0. The zero-order valence-corrected chi connectivity index (χ0v) is 8.92. The Morgan fingerprint density at radius 1 is 1.71 bits per heavy atom. The van der Waals surface area contributed by atoms with Crippen molar-refractivity contribution in [2.75, 3.05) is 12.4 Å². The maximum Gasteiger partial charge on any atom is 0.234 e. The number of hydrogen-bond donors (Lipinski definition) is 1. The van der Waals surface area contributed by atoms with Crippen LogP contribution in [0, 0.1) is 0 Å². The number of nitrogens with one attached hydrogen (secondary N) is 1. The number of rotatable bonds is 5. The van der Waals surface area contributed by atoms with E-state index in [1.165, 1.54) is 0 Å². The van der Waals surface area contributed by atoms with Crippen molar-refractivity contribution in [1.82, 2.24) is 15.1 Å². The van der Waals surface area contributed by atoms with Gasteiger partial charge in [0, 0.05) is 25.7 Å². The zero-order valence-electron chi connectivity index (χ0n) is 8.16. The Labute approximate surface area is 88.2 Å². The SMILES string of the molecule is CCn1ccc(CCNC(=O)CCl)n1. The number of carbonyl (C=O) groups is 1. The molecule has 0 spiro atoms. The molecule has 0 radical (unpaired) electrons. The van der Waals surface area contributed by atoms with Gasteiger partial charge in [0.2, 0.25) is 5.91 Å². The lowest BCUT2D eigenvalue weighted by atomic mass is 10.3. The number of nitrogens with zero attached hydrogens (tertiary/aromatic N) is 2. The number of aryl methyl sites for hydroxylation is 1. The minimum Gasteiger partial charge on any atom is -0.355 e. The summed E-state index contributed by atoms with van der Waals surface area (Å²) in [5, 5.41) is 6.97. The maximum absolute atomic E-state index is 10.8. The molecule has 0 saturated heterocycles. The number of aromatic nitrogens is 2. The average Bonchev–Trinajstić information content (AvgIpc) is 2.65. The van der Waals surface area contributed by atoms with E-state index < -0.39 is 0 Å². The van der Waals surface area contributed by atoms with Crippen molar-refractivity contribution >= 4 is 17.5 Å². The minimum absolute atomic E-state index is 0.0173. The Bertz CT molecular complexity index is 298. The molecule has 1 rings (SSSR count). The van der Waals surface area contributed by atoms with E-state index in [1.807, 2.05) is 23.9 Å². The molecule has 4 nitrogen and oxygen atoms in total.